The van der Waals surface area contributed by atoms with Crippen molar-refractivity contribution in [3.8, 4) is 0 Å². The zero-order chi connectivity index (χ0) is 11.8. The predicted octanol–water partition coefficient (Wildman–Crippen LogP) is 2.85. The van der Waals surface area contributed by atoms with Crippen molar-refractivity contribution in [3.63, 3.8) is 0 Å². The van der Waals surface area contributed by atoms with Crippen molar-refractivity contribution in [1.82, 2.24) is 0 Å². The van der Waals surface area contributed by atoms with E-state index in [1.54, 1.807) is 6.08 Å². The molecule has 0 saturated carbocycles. The summed E-state index contributed by atoms with van der Waals surface area (Å²) in [6.45, 7) is 5.49. The minimum Gasteiger partial charge on any atom is -0.350 e. The Morgan fingerprint density at radius 1 is 1.19 bits per heavy atom. The summed E-state index contributed by atoms with van der Waals surface area (Å²) in [5.74, 6) is 0.129. The Balaban J connectivity index is 2.40. The summed E-state index contributed by atoms with van der Waals surface area (Å²) >= 11 is 0. The molecule has 0 aromatic carbocycles. The van der Waals surface area contributed by atoms with E-state index < -0.39 is 0 Å². The topological polar surface area (TPSA) is 35.5 Å². The van der Waals surface area contributed by atoms with Crippen molar-refractivity contribution in [3.05, 3.63) is 11.6 Å². The number of hydrogen-bond acceptors (Lipinski definition) is 3. The molecular formula is C13H22O3. The molecule has 1 rings (SSSR count). The molecule has 92 valence electrons. The van der Waals surface area contributed by atoms with E-state index in [-0.39, 0.29) is 12.1 Å². The van der Waals surface area contributed by atoms with E-state index in [1.165, 1.54) is 5.57 Å². The Morgan fingerprint density at radius 3 is 2.25 bits per heavy atom. The zero-order valence-electron chi connectivity index (χ0n) is 10.3. The summed E-state index contributed by atoms with van der Waals surface area (Å²) in [5.41, 5.74) is 1.26. The molecule has 1 heterocycles. The third-order valence-electron chi connectivity index (χ3n) is 2.57. The van der Waals surface area contributed by atoms with Crippen LogP contribution in [0.2, 0.25) is 0 Å². The summed E-state index contributed by atoms with van der Waals surface area (Å²) in [6.07, 6.45) is 6.06. The van der Waals surface area contributed by atoms with Gasteiger partial charge < -0.3 is 9.47 Å². The molecule has 0 atom stereocenters. The number of carbonyl (C=O) groups is 1. The lowest BCUT2D eigenvalue weighted by Gasteiger charge is -2.07. The fraction of sp³-hybridized carbons (Fsp3) is 0.769. The highest BCUT2D eigenvalue weighted by Gasteiger charge is 2.18. The van der Waals surface area contributed by atoms with E-state index in [2.05, 4.69) is 13.8 Å². The second-order valence-electron chi connectivity index (χ2n) is 4.14. The summed E-state index contributed by atoms with van der Waals surface area (Å²) in [4.78, 5) is 11.7. The van der Waals surface area contributed by atoms with Gasteiger partial charge in [-0.2, -0.15) is 0 Å². The number of carbonyl (C=O) groups excluding carboxylic acids is 1. The van der Waals surface area contributed by atoms with Gasteiger partial charge >= 0.3 is 0 Å². The molecule has 0 unspecified atom stereocenters. The van der Waals surface area contributed by atoms with Crippen molar-refractivity contribution in [2.24, 2.45) is 0 Å². The molecule has 0 amide bonds. The highest BCUT2D eigenvalue weighted by molar-refractivity contribution is 5.90. The molecule has 3 nitrogen and oxygen atoms in total. The Labute approximate surface area is 97.8 Å². The van der Waals surface area contributed by atoms with E-state index in [9.17, 15) is 4.79 Å². The van der Waals surface area contributed by atoms with Gasteiger partial charge in [0, 0.05) is 0 Å². The van der Waals surface area contributed by atoms with E-state index >= 15 is 0 Å². The van der Waals surface area contributed by atoms with Gasteiger partial charge in [-0.1, -0.05) is 32.3 Å². The molecule has 0 aliphatic carbocycles. The van der Waals surface area contributed by atoms with Crippen LogP contribution in [0.15, 0.2) is 11.6 Å². The first-order valence-electron chi connectivity index (χ1n) is 6.21. The Morgan fingerprint density at radius 2 is 1.75 bits per heavy atom. The van der Waals surface area contributed by atoms with Gasteiger partial charge in [0.1, 0.15) is 0 Å². The molecule has 16 heavy (non-hydrogen) atoms. The first-order valence-corrected chi connectivity index (χ1v) is 6.21. The maximum atomic E-state index is 11.7. The molecule has 1 saturated heterocycles. The van der Waals surface area contributed by atoms with Gasteiger partial charge in [0.2, 0.25) is 0 Å². The molecule has 3 heteroatoms. The van der Waals surface area contributed by atoms with Crippen LogP contribution >= 0.6 is 0 Å². The van der Waals surface area contributed by atoms with Crippen LogP contribution in [0.5, 0.6) is 0 Å². The quantitative estimate of drug-likeness (QED) is 0.626. The fourth-order valence-electron chi connectivity index (χ4n) is 1.89. The number of ketones is 1. The van der Waals surface area contributed by atoms with Gasteiger partial charge in [-0.05, 0) is 18.9 Å². The number of rotatable bonds is 7. The van der Waals surface area contributed by atoms with E-state index in [1.807, 2.05) is 0 Å². The van der Waals surface area contributed by atoms with Crippen LogP contribution < -0.4 is 0 Å². The van der Waals surface area contributed by atoms with Crippen molar-refractivity contribution >= 4 is 5.78 Å². The van der Waals surface area contributed by atoms with Crippen LogP contribution in [0.3, 0.4) is 0 Å². The summed E-state index contributed by atoms with van der Waals surface area (Å²) in [6, 6.07) is 0. The van der Waals surface area contributed by atoms with E-state index in [0.717, 1.165) is 25.7 Å². The van der Waals surface area contributed by atoms with Gasteiger partial charge in [-0.25, -0.2) is 0 Å². The van der Waals surface area contributed by atoms with Crippen LogP contribution in [0, 0.1) is 0 Å². The number of ether oxygens (including phenoxy) is 2. The van der Waals surface area contributed by atoms with Crippen molar-refractivity contribution in [1.29, 1.82) is 0 Å². The monoisotopic (exact) mass is 226 g/mol. The lowest BCUT2D eigenvalue weighted by Crippen LogP contribution is -2.13. The molecule has 0 bridgehead atoms. The van der Waals surface area contributed by atoms with E-state index in [4.69, 9.17) is 9.47 Å². The lowest BCUT2D eigenvalue weighted by atomic mass is 10.0. The lowest BCUT2D eigenvalue weighted by molar-refractivity contribution is -0.122. The number of allylic oxidation sites excluding steroid dienone is 2. The minimum absolute atomic E-state index is 0.129. The molecule has 0 radical (unpaired) electrons. The molecule has 0 aromatic rings. The van der Waals surface area contributed by atoms with Gasteiger partial charge in [0.25, 0.3) is 0 Å². The largest absolute Gasteiger partial charge is 0.350 e. The van der Waals surface area contributed by atoms with E-state index in [0.29, 0.717) is 19.6 Å². The highest BCUT2D eigenvalue weighted by Crippen LogP contribution is 2.14. The second kappa shape index (κ2) is 7.58. The van der Waals surface area contributed by atoms with Crippen molar-refractivity contribution in [2.75, 3.05) is 13.2 Å². The van der Waals surface area contributed by atoms with Crippen LogP contribution in [-0.2, 0) is 14.3 Å². The normalized spacial score (nSPS) is 16.4. The third-order valence-corrected chi connectivity index (χ3v) is 2.57. The van der Waals surface area contributed by atoms with Gasteiger partial charge in [0.05, 0.1) is 19.6 Å². The summed E-state index contributed by atoms with van der Waals surface area (Å²) in [7, 11) is 0. The van der Waals surface area contributed by atoms with Crippen LogP contribution in [0.1, 0.15) is 46.0 Å². The maximum absolute atomic E-state index is 11.7. The molecule has 1 aliphatic heterocycles. The van der Waals surface area contributed by atoms with Gasteiger partial charge in [0.15, 0.2) is 12.1 Å². The SMILES string of the molecule is CCCC(=CC(=O)CC1OCCO1)CCC. The maximum Gasteiger partial charge on any atom is 0.165 e. The smallest absolute Gasteiger partial charge is 0.165 e. The summed E-state index contributed by atoms with van der Waals surface area (Å²) < 4.78 is 10.5. The Hall–Kier alpha value is -0.670. The van der Waals surface area contributed by atoms with Crippen molar-refractivity contribution in [2.45, 2.75) is 52.2 Å². The zero-order valence-corrected chi connectivity index (χ0v) is 10.3. The van der Waals surface area contributed by atoms with Crippen LogP contribution in [0.4, 0.5) is 0 Å². The molecular weight excluding hydrogens is 204 g/mol. The predicted molar refractivity (Wildman–Crippen MR) is 63.2 cm³/mol. The standard InChI is InChI=1S/C13H22O3/c1-3-5-11(6-4-2)9-12(14)10-13-15-7-8-16-13/h9,13H,3-8,10H2,1-2H3. The average molecular weight is 226 g/mol. The second-order valence-corrected chi connectivity index (χ2v) is 4.14. The molecule has 0 spiro atoms. The molecule has 1 aliphatic rings. The number of hydrogen-bond donors (Lipinski definition) is 0. The third kappa shape index (κ3) is 4.90. The molecule has 0 aromatic heterocycles. The first-order chi connectivity index (χ1) is 7.76. The average Bonchev–Trinajstić information content (AvgIpc) is 2.71. The highest BCUT2D eigenvalue weighted by atomic mass is 16.7. The van der Waals surface area contributed by atoms with Gasteiger partial charge in [-0.3, -0.25) is 4.79 Å². The summed E-state index contributed by atoms with van der Waals surface area (Å²) in [5, 5.41) is 0. The molecule has 1 fully saturated rings. The Bertz CT molecular complexity index is 232. The Kier molecular flexibility index (Phi) is 6.34. The van der Waals surface area contributed by atoms with Crippen molar-refractivity contribution < 1.29 is 14.3 Å². The van der Waals surface area contributed by atoms with Gasteiger partial charge in [-0.15, -0.1) is 0 Å². The molecule has 0 N–H and O–H groups in total. The first kappa shape index (κ1) is 13.4. The fourth-order valence-corrected chi connectivity index (χ4v) is 1.89. The minimum atomic E-state index is -0.312. The van der Waals surface area contributed by atoms with Crippen LogP contribution in [-0.4, -0.2) is 25.3 Å². The van der Waals surface area contributed by atoms with Crippen LogP contribution in [0.25, 0.3) is 0 Å².